The van der Waals surface area contributed by atoms with Crippen LogP contribution in [0.4, 0.5) is 13.2 Å². The first-order valence-corrected chi connectivity index (χ1v) is 7.29. The maximum atomic E-state index is 13.7. The predicted molar refractivity (Wildman–Crippen MR) is 73.8 cm³/mol. The first-order chi connectivity index (χ1) is 9.28. The minimum atomic E-state index is -2.66. The molecule has 1 aliphatic carbocycles. The van der Waals surface area contributed by atoms with E-state index in [9.17, 15) is 18.0 Å². The lowest BCUT2D eigenvalue weighted by molar-refractivity contribution is -0.0399. The zero-order valence-corrected chi connectivity index (χ0v) is 12.7. The van der Waals surface area contributed by atoms with E-state index in [1.165, 1.54) is 6.07 Å². The number of hydrogen-bond donors (Lipinski definition) is 1. The molecule has 0 heterocycles. The lowest BCUT2D eigenvalue weighted by atomic mass is 9.92. The van der Waals surface area contributed by atoms with Gasteiger partial charge in [0.2, 0.25) is 5.92 Å². The number of halogens is 5. The van der Waals surface area contributed by atoms with Gasteiger partial charge in [-0.15, -0.1) is 0 Å². The lowest BCUT2D eigenvalue weighted by Gasteiger charge is -2.28. The van der Waals surface area contributed by atoms with Gasteiger partial charge in [-0.05, 0) is 40.9 Å². The maximum Gasteiger partial charge on any atom is 0.254 e. The van der Waals surface area contributed by atoms with E-state index in [1.807, 2.05) is 0 Å². The Morgan fingerprint density at radius 1 is 1.35 bits per heavy atom. The van der Waals surface area contributed by atoms with Gasteiger partial charge < -0.3 is 5.32 Å². The van der Waals surface area contributed by atoms with E-state index in [4.69, 9.17) is 11.6 Å². The van der Waals surface area contributed by atoms with E-state index in [0.717, 1.165) is 6.07 Å². The van der Waals surface area contributed by atoms with Crippen molar-refractivity contribution in [3.8, 4) is 0 Å². The van der Waals surface area contributed by atoms with Crippen LogP contribution in [-0.2, 0) is 0 Å². The molecule has 0 aromatic heterocycles. The van der Waals surface area contributed by atoms with Gasteiger partial charge in [-0.3, -0.25) is 4.79 Å². The van der Waals surface area contributed by atoms with Gasteiger partial charge >= 0.3 is 0 Å². The molecule has 1 aromatic carbocycles. The van der Waals surface area contributed by atoms with Crippen LogP contribution >= 0.6 is 27.5 Å². The first kappa shape index (κ1) is 15.6. The largest absolute Gasteiger partial charge is 0.349 e. The summed E-state index contributed by atoms with van der Waals surface area (Å²) >= 11 is 8.82. The molecular weight excluding hydrogens is 359 g/mol. The molecule has 0 atom stereocenters. The second kappa shape index (κ2) is 5.93. The summed E-state index contributed by atoms with van der Waals surface area (Å²) in [6.45, 7) is 0. The van der Waals surface area contributed by atoms with Crippen molar-refractivity contribution >= 4 is 33.4 Å². The maximum absolute atomic E-state index is 13.7. The Labute approximate surface area is 127 Å². The number of benzene rings is 1. The third kappa shape index (κ3) is 3.67. The highest BCUT2D eigenvalue weighted by atomic mass is 79.9. The molecule has 0 bridgehead atoms. The molecule has 1 fully saturated rings. The van der Waals surface area contributed by atoms with E-state index in [1.54, 1.807) is 0 Å². The van der Waals surface area contributed by atoms with Crippen molar-refractivity contribution in [2.24, 2.45) is 0 Å². The average Bonchev–Trinajstić information content (AvgIpc) is 2.36. The Morgan fingerprint density at radius 2 is 1.95 bits per heavy atom. The third-order valence-electron chi connectivity index (χ3n) is 3.31. The van der Waals surface area contributed by atoms with Gasteiger partial charge in [0.25, 0.3) is 5.91 Å². The van der Waals surface area contributed by atoms with Crippen LogP contribution in [-0.4, -0.2) is 17.9 Å². The molecule has 1 saturated carbocycles. The van der Waals surface area contributed by atoms with Gasteiger partial charge in [-0.2, -0.15) is 0 Å². The van der Waals surface area contributed by atoms with E-state index in [0.29, 0.717) is 4.47 Å². The number of alkyl halides is 2. The van der Waals surface area contributed by atoms with Gasteiger partial charge in [0.15, 0.2) is 0 Å². The number of carbonyl (C=O) groups excluding carboxylic acids is 1. The van der Waals surface area contributed by atoms with Gasteiger partial charge in [-0.25, -0.2) is 13.2 Å². The number of amides is 1. The fourth-order valence-corrected chi connectivity index (χ4v) is 2.64. The zero-order valence-electron chi connectivity index (χ0n) is 10.4. The van der Waals surface area contributed by atoms with E-state index in [2.05, 4.69) is 21.2 Å². The van der Waals surface area contributed by atoms with E-state index < -0.39 is 17.6 Å². The molecule has 0 unspecified atom stereocenters. The summed E-state index contributed by atoms with van der Waals surface area (Å²) in [7, 11) is 0. The Hall–Kier alpha value is -0.750. The standard InChI is InChI=1S/C13H12BrClF3NO/c14-9-5-8(11(16)6-10(9)15)12(20)19-7-1-3-13(17,18)4-2-7/h5-7H,1-4H2,(H,19,20). The molecule has 110 valence electrons. The van der Waals surface area contributed by atoms with Crippen LogP contribution in [0.3, 0.4) is 0 Å². The van der Waals surface area contributed by atoms with Crippen molar-refractivity contribution in [2.75, 3.05) is 0 Å². The van der Waals surface area contributed by atoms with Crippen molar-refractivity contribution in [3.05, 3.63) is 33.0 Å². The van der Waals surface area contributed by atoms with Gasteiger partial charge in [0.05, 0.1) is 10.6 Å². The lowest BCUT2D eigenvalue weighted by Crippen LogP contribution is -2.40. The van der Waals surface area contributed by atoms with Crippen molar-refractivity contribution < 1.29 is 18.0 Å². The molecule has 2 rings (SSSR count). The molecule has 1 aliphatic rings. The van der Waals surface area contributed by atoms with Crippen LogP contribution in [0, 0.1) is 5.82 Å². The number of rotatable bonds is 2. The normalized spacial score (nSPS) is 18.9. The molecule has 1 amide bonds. The van der Waals surface area contributed by atoms with E-state index in [-0.39, 0.29) is 42.3 Å². The molecule has 7 heteroatoms. The summed E-state index contributed by atoms with van der Waals surface area (Å²) in [5.74, 6) is -4.01. The van der Waals surface area contributed by atoms with Crippen LogP contribution in [0.5, 0.6) is 0 Å². The van der Waals surface area contributed by atoms with Crippen molar-refractivity contribution in [1.29, 1.82) is 0 Å². The fraction of sp³-hybridized carbons (Fsp3) is 0.462. The second-order valence-electron chi connectivity index (χ2n) is 4.85. The molecule has 0 saturated heterocycles. The highest BCUT2D eigenvalue weighted by molar-refractivity contribution is 9.10. The number of nitrogens with one attached hydrogen (secondary N) is 1. The average molecular weight is 371 g/mol. The van der Waals surface area contributed by atoms with Gasteiger partial charge in [-0.1, -0.05) is 11.6 Å². The fourth-order valence-electron chi connectivity index (χ4n) is 2.14. The molecule has 0 aliphatic heterocycles. The van der Waals surface area contributed by atoms with E-state index >= 15 is 0 Å². The van der Waals surface area contributed by atoms with Gasteiger partial charge in [0.1, 0.15) is 5.82 Å². The van der Waals surface area contributed by atoms with Crippen LogP contribution in [0.1, 0.15) is 36.0 Å². The smallest absolute Gasteiger partial charge is 0.254 e. The molecule has 0 spiro atoms. The third-order valence-corrected chi connectivity index (χ3v) is 4.50. The summed E-state index contributed by atoms with van der Waals surface area (Å²) in [6.07, 6.45) is -0.139. The van der Waals surface area contributed by atoms with Crippen molar-refractivity contribution in [3.63, 3.8) is 0 Å². The SMILES string of the molecule is O=C(NC1CCC(F)(F)CC1)c1cc(Br)c(Cl)cc1F. The highest BCUT2D eigenvalue weighted by Crippen LogP contribution is 2.33. The van der Waals surface area contributed by atoms with Gasteiger partial charge in [0, 0.05) is 23.4 Å². The van der Waals surface area contributed by atoms with Crippen molar-refractivity contribution in [2.45, 2.75) is 37.6 Å². The molecular formula is C13H12BrClF3NO. The monoisotopic (exact) mass is 369 g/mol. The summed E-state index contributed by atoms with van der Waals surface area (Å²) < 4.78 is 40.1. The minimum absolute atomic E-state index is 0.154. The zero-order chi connectivity index (χ0) is 14.9. The summed E-state index contributed by atoms with van der Waals surface area (Å²) in [6, 6.07) is 1.97. The Bertz CT molecular complexity index is 529. The highest BCUT2D eigenvalue weighted by Gasteiger charge is 2.35. The molecule has 0 radical (unpaired) electrons. The Kier molecular flexibility index (Phi) is 4.64. The Balaban J connectivity index is 2.04. The topological polar surface area (TPSA) is 29.1 Å². The second-order valence-corrected chi connectivity index (χ2v) is 6.11. The first-order valence-electron chi connectivity index (χ1n) is 6.12. The van der Waals surface area contributed by atoms with Crippen LogP contribution < -0.4 is 5.32 Å². The number of carbonyl (C=O) groups is 1. The van der Waals surface area contributed by atoms with Crippen LogP contribution in [0.15, 0.2) is 16.6 Å². The molecule has 20 heavy (non-hydrogen) atoms. The Morgan fingerprint density at radius 3 is 2.55 bits per heavy atom. The molecule has 1 N–H and O–H groups in total. The predicted octanol–water partition coefficient (Wildman–Crippen LogP) is 4.55. The summed E-state index contributed by atoms with van der Waals surface area (Å²) in [4.78, 5) is 12.0. The van der Waals surface area contributed by atoms with Crippen LogP contribution in [0.2, 0.25) is 5.02 Å². The van der Waals surface area contributed by atoms with Crippen molar-refractivity contribution in [1.82, 2.24) is 5.32 Å². The molecule has 1 aromatic rings. The summed E-state index contributed by atoms with van der Waals surface area (Å²) in [5.41, 5.74) is -0.154. The number of hydrogen-bond acceptors (Lipinski definition) is 1. The molecule has 2 nitrogen and oxygen atoms in total. The quantitative estimate of drug-likeness (QED) is 0.760. The minimum Gasteiger partial charge on any atom is -0.349 e. The summed E-state index contributed by atoms with van der Waals surface area (Å²) in [5, 5.41) is 2.75. The van der Waals surface area contributed by atoms with Crippen LogP contribution in [0.25, 0.3) is 0 Å².